The Kier molecular flexibility index (Phi) is 6.34. The number of carbonyl (C=O) groups is 2. The normalized spacial score (nSPS) is 16.5. The Morgan fingerprint density at radius 3 is 2.58 bits per heavy atom. The predicted molar refractivity (Wildman–Crippen MR) is 125 cm³/mol. The van der Waals surface area contributed by atoms with E-state index in [4.69, 9.17) is 0 Å². The zero-order valence-electron chi connectivity index (χ0n) is 18.2. The molecule has 1 atom stereocenters. The van der Waals surface area contributed by atoms with Gasteiger partial charge in [0.1, 0.15) is 6.04 Å². The van der Waals surface area contributed by atoms with Crippen LogP contribution in [0.1, 0.15) is 17.2 Å². The minimum atomic E-state index is -0.660. The van der Waals surface area contributed by atoms with E-state index in [2.05, 4.69) is 16.0 Å². The van der Waals surface area contributed by atoms with Gasteiger partial charge in [-0.05, 0) is 25.7 Å². The van der Waals surface area contributed by atoms with Gasteiger partial charge in [-0.25, -0.2) is 0 Å². The standard InChI is InChI=1S/C24H28N4O2S/c1-26(2)13-14-28-20(29)16-31-24-21(18-11-7-8-12-19(18)27(24)3)22(28)23(30)25-15-17-9-5-4-6-10-17/h4-12,22H,13-16H2,1-3H3,(H,25,30). The lowest BCUT2D eigenvalue weighted by atomic mass is 10.0. The molecule has 7 heteroatoms. The van der Waals surface area contributed by atoms with Gasteiger partial charge in [-0.2, -0.15) is 0 Å². The fraction of sp³-hybridized carbons (Fsp3) is 0.333. The number of para-hydroxylation sites is 1. The number of thioether (sulfide) groups is 1. The summed E-state index contributed by atoms with van der Waals surface area (Å²) in [5.41, 5.74) is 3.03. The van der Waals surface area contributed by atoms with Gasteiger partial charge in [-0.1, -0.05) is 60.3 Å². The molecule has 2 amide bonds. The Labute approximate surface area is 187 Å². The lowest BCUT2D eigenvalue weighted by molar-refractivity contribution is -0.139. The third kappa shape index (κ3) is 4.34. The maximum atomic E-state index is 13.6. The highest BCUT2D eigenvalue weighted by Gasteiger charge is 2.38. The molecule has 1 N–H and O–H groups in total. The molecule has 0 aliphatic carbocycles. The molecule has 1 aliphatic rings. The predicted octanol–water partition coefficient (Wildman–Crippen LogP) is 3.03. The van der Waals surface area contributed by atoms with Crippen LogP contribution in [0.15, 0.2) is 59.6 Å². The Hall–Kier alpha value is -2.77. The van der Waals surface area contributed by atoms with Gasteiger partial charge in [0.25, 0.3) is 0 Å². The molecule has 6 nitrogen and oxygen atoms in total. The maximum absolute atomic E-state index is 13.6. The number of aryl methyl sites for hydroxylation is 1. The lowest BCUT2D eigenvalue weighted by Crippen LogP contribution is -2.46. The van der Waals surface area contributed by atoms with Crippen molar-refractivity contribution < 1.29 is 9.59 Å². The van der Waals surface area contributed by atoms with Crippen LogP contribution in [0.3, 0.4) is 0 Å². The van der Waals surface area contributed by atoms with Crippen molar-refractivity contribution >= 4 is 34.5 Å². The average molecular weight is 437 g/mol. The Morgan fingerprint density at radius 1 is 1.13 bits per heavy atom. The monoisotopic (exact) mass is 436 g/mol. The largest absolute Gasteiger partial charge is 0.350 e. The molecule has 31 heavy (non-hydrogen) atoms. The summed E-state index contributed by atoms with van der Waals surface area (Å²) in [7, 11) is 5.96. The molecule has 1 aromatic heterocycles. The van der Waals surface area contributed by atoms with E-state index in [1.165, 1.54) is 11.8 Å². The molecule has 1 unspecified atom stereocenters. The Bertz CT molecular complexity index is 1090. The van der Waals surface area contributed by atoms with E-state index in [1.807, 2.05) is 74.6 Å². The lowest BCUT2D eigenvalue weighted by Gasteiger charge is -2.30. The quantitative estimate of drug-likeness (QED) is 0.645. The highest BCUT2D eigenvalue weighted by Crippen LogP contribution is 2.41. The summed E-state index contributed by atoms with van der Waals surface area (Å²) in [6.45, 7) is 1.62. The average Bonchev–Trinajstić information content (AvgIpc) is 2.95. The molecule has 2 aromatic carbocycles. The summed E-state index contributed by atoms with van der Waals surface area (Å²) in [6, 6.07) is 17.3. The first-order chi connectivity index (χ1) is 15.0. The van der Waals surface area contributed by atoms with Crippen LogP contribution in [0.25, 0.3) is 10.9 Å². The van der Waals surface area contributed by atoms with E-state index in [0.717, 1.165) is 27.1 Å². The molecule has 0 saturated carbocycles. The molecule has 0 spiro atoms. The number of hydrogen-bond acceptors (Lipinski definition) is 4. The number of carbonyl (C=O) groups excluding carboxylic acids is 2. The van der Waals surface area contributed by atoms with Crippen LogP contribution in [0.2, 0.25) is 0 Å². The van der Waals surface area contributed by atoms with Crippen LogP contribution >= 0.6 is 11.8 Å². The minimum absolute atomic E-state index is 0.00741. The van der Waals surface area contributed by atoms with Crippen molar-refractivity contribution in [3.8, 4) is 0 Å². The first-order valence-corrected chi connectivity index (χ1v) is 11.4. The second-order valence-electron chi connectivity index (χ2n) is 8.08. The van der Waals surface area contributed by atoms with Crippen LogP contribution in [0.4, 0.5) is 0 Å². The van der Waals surface area contributed by atoms with Crippen LogP contribution in [0.5, 0.6) is 0 Å². The number of hydrogen-bond donors (Lipinski definition) is 1. The minimum Gasteiger partial charge on any atom is -0.350 e. The Morgan fingerprint density at radius 2 is 1.84 bits per heavy atom. The van der Waals surface area contributed by atoms with Gasteiger partial charge in [0, 0.05) is 43.1 Å². The zero-order valence-corrected chi connectivity index (χ0v) is 19.0. The molecule has 4 rings (SSSR count). The molecule has 3 aromatic rings. The van der Waals surface area contributed by atoms with Crippen LogP contribution in [-0.4, -0.2) is 59.1 Å². The van der Waals surface area contributed by atoms with Crippen LogP contribution in [0, 0.1) is 0 Å². The summed E-state index contributed by atoms with van der Waals surface area (Å²) in [6.07, 6.45) is 0. The number of rotatable bonds is 6. The molecular weight excluding hydrogens is 408 g/mol. The zero-order chi connectivity index (χ0) is 22.0. The van der Waals surface area contributed by atoms with Crippen molar-refractivity contribution in [2.75, 3.05) is 32.9 Å². The number of amides is 2. The smallest absolute Gasteiger partial charge is 0.247 e. The number of likely N-dealkylation sites (N-methyl/N-ethyl adjacent to an activating group) is 1. The highest BCUT2D eigenvalue weighted by atomic mass is 32.2. The fourth-order valence-corrected chi connectivity index (χ4v) is 5.16. The number of nitrogens with one attached hydrogen (secondary N) is 1. The van der Waals surface area contributed by atoms with Gasteiger partial charge < -0.3 is 19.7 Å². The van der Waals surface area contributed by atoms with Gasteiger partial charge >= 0.3 is 0 Å². The summed E-state index contributed by atoms with van der Waals surface area (Å²) >= 11 is 1.52. The number of nitrogens with zero attached hydrogens (tertiary/aromatic N) is 3. The molecule has 1 aliphatic heterocycles. The maximum Gasteiger partial charge on any atom is 0.247 e. The molecular formula is C24H28N4O2S. The first-order valence-electron chi connectivity index (χ1n) is 10.4. The third-order valence-electron chi connectivity index (χ3n) is 5.67. The fourth-order valence-electron chi connectivity index (χ4n) is 4.07. The van der Waals surface area contributed by atoms with Gasteiger partial charge in [-0.3, -0.25) is 9.59 Å². The summed E-state index contributed by atoms with van der Waals surface area (Å²) in [5.74, 6) is 0.176. The molecule has 2 heterocycles. The van der Waals surface area contributed by atoms with Gasteiger partial charge in [0.15, 0.2) is 0 Å². The molecule has 162 valence electrons. The molecule has 0 bridgehead atoms. The molecule has 0 fully saturated rings. The molecule has 0 radical (unpaired) electrons. The van der Waals surface area contributed by atoms with E-state index in [-0.39, 0.29) is 11.8 Å². The van der Waals surface area contributed by atoms with Crippen molar-refractivity contribution in [3.05, 3.63) is 65.7 Å². The third-order valence-corrected chi connectivity index (χ3v) is 6.83. The SMILES string of the molecule is CN(C)CCN1C(=O)CSc2c(c3ccccc3n2C)C1C(=O)NCc1ccccc1. The second-order valence-corrected chi connectivity index (χ2v) is 9.04. The highest BCUT2D eigenvalue weighted by molar-refractivity contribution is 8.00. The van der Waals surface area contributed by atoms with E-state index in [0.29, 0.717) is 25.4 Å². The van der Waals surface area contributed by atoms with Crippen LogP contribution in [-0.2, 0) is 23.2 Å². The first kappa shape index (κ1) is 21.5. The summed E-state index contributed by atoms with van der Waals surface area (Å²) < 4.78 is 2.11. The van der Waals surface area contributed by atoms with Crippen molar-refractivity contribution in [2.24, 2.45) is 7.05 Å². The number of benzene rings is 2. The Balaban J connectivity index is 1.76. The van der Waals surface area contributed by atoms with Crippen molar-refractivity contribution in [1.29, 1.82) is 0 Å². The van der Waals surface area contributed by atoms with E-state index < -0.39 is 6.04 Å². The van der Waals surface area contributed by atoms with Crippen molar-refractivity contribution in [1.82, 2.24) is 19.7 Å². The van der Waals surface area contributed by atoms with Crippen LogP contribution < -0.4 is 5.32 Å². The topological polar surface area (TPSA) is 57.6 Å². The van der Waals surface area contributed by atoms with Crippen molar-refractivity contribution in [3.63, 3.8) is 0 Å². The molecule has 0 saturated heterocycles. The summed E-state index contributed by atoms with van der Waals surface area (Å²) in [5, 5.41) is 5.10. The van der Waals surface area contributed by atoms with E-state index >= 15 is 0 Å². The number of fused-ring (bicyclic) bond motifs is 3. The second kappa shape index (κ2) is 9.16. The van der Waals surface area contributed by atoms with Gasteiger partial charge in [0.2, 0.25) is 11.8 Å². The van der Waals surface area contributed by atoms with Crippen molar-refractivity contribution in [2.45, 2.75) is 17.6 Å². The van der Waals surface area contributed by atoms with E-state index in [9.17, 15) is 9.59 Å². The van der Waals surface area contributed by atoms with Gasteiger partial charge in [0.05, 0.1) is 10.8 Å². The van der Waals surface area contributed by atoms with E-state index in [1.54, 1.807) is 4.90 Å². The van der Waals surface area contributed by atoms with Gasteiger partial charge in [-0.15, -0.1) is 0 Å². The summed E-state index contributed by atoms with van der Waals surface area (Å²) in [4.78, 5) is 30.5. The number of aromatic nitrogens is 1.